The van der Waals surface area contributed by atoms with Gasteiger partial charge in [0.05, 0.1) is 5.69 Å². The fraction of sp³-hybridized carbons (Fsp3) is 0.136. The Balaban J connectivity index is 1.75. The highest BCUT2D eigenvalue weighted by atomic mass is 16.1. The Morgan fingerprint density at radius 2 is 2.10 bits per heavy atom. The zero-order valence-electron chi connectivity index (χ0n) is 16.4. The van der Waals surface area contributed by atoms with Crippen molar-refractivity contribution in [3.05, 3.63) is 95.6 Å². The van der Waals surface area contributed by atoms with Gasteiger partial charge in [-0.1, -0.05) is 54.3 Å². The van der Waals surface area contributed by atoms with Crippen LogP contribution in [0.4, 0.5) is 5.69 Å². The molecule has 29 heavy (non-hydrogen) atoms. The average molecular weight is 386 g/mol. The number of anilines is 1. The second kappa shape index (κ2) is 9.36. The van der Waals surface area contributed by atoms with Crippen LogP contribution in [0.25, 0.3) is 5.57 Å². The summed E-state index contributed by atoms with van der Waals surface area (Å²) in [7, 11) is 0. The molecule has 0 radical (unpaired) electrons. The van der Waals surface area contributed by atoms with Crippen molar-refractivity contribution < 1.29 is 4.79 Å². The summed E-state index contributed by atoms with van der Waals surface area (Å²) in [6.45, 7) is 7.94. The van der Waals surface area contributed by atoms with Crippen LogP contribution in [0.15, 0.2) is 67.3 Å². The number of carbonyl (C=O) groups excluding carboxylic acids is 1. The van der Waals surface area contributed by atoms with E-state index in [0.29, 0.717) is 29.3 Å². The fourth-order valence-electron chi connectivity index (χ4n) is 2.74. The molecule has 0 atom stereocenters. The molecule has 7 heteroatoms. The van der Waals surface area contributed by atoms with Gasteiger partial charge in [-0.15, -0.1) is 10.2 Å². The summed E-state index contributed by atoms with van der Waals surface area (Å²) < 4.78 is 0. The van der Waals surface area contributed by atoms with Crippen LogP contribution >= 0.6 is 0 Å². The molecule has 0 saturated carbocycles. The molecule has 3 rings (SSSR count). The molecule has 0 spiro atoms. The summed E-state index contributed by atoms with van der Waals surface area (Å²) in [4.78, 5) is 17.2. The number of amides is 1. The molecule has 0 fully saturated rings. The van der Waals surface area contributed by atoms with Crippen LogP contribution in [-0.4, -0.2) is 31.5 Å². The SMILES string of the molecule is C=C(/C=C\C=C/C)c1nc(C(=O)Nc2cccc(Cc3nn[nH]n3)c2)ccc1C. The predicted octanol–water partition coefficient (Wildman–Crippen LogP) is 3.89. The lowest BCUT2D eigenvalue weighted by atomic mass is 10.1. The number of allylic oxidation sites excluding steroid dienone is 5. The first-order valence-corrected chi connectivity index (χ1v) is 9.15. The van der Waals surface area contributed by atoms with Crippen LogP contribution in [0.2, 0.25) is 0 Å². The Morgan fingerprint density at radius 3 is 2.86 bits per heavy atom. The number of aromatic nitrogens is 5. The van der Waals surface area contributed by atoms with Crippen molar-refractivity contribution in [2.75, 3.05) is 5.32 Å². The van der Waals surface area contributed by atoms with Gasteiger partial charge in [0.25, 0.3) is 5.91 Å². The molecule has 0 aliphatic rings. The van der Waals surface area contributed by atoms with Gasteiger partial charge in [0.2, 0.25) is 0 Å². The highest BCUT2D eigenvalue weighted by molar-refractivity contribution is 6.03. The van der Waals surface area contributed by atoms with E-state index in [1.807, 2.05) is 68.5 Å². The summed E-state index contributed by atoms with van der Waals surface area (Å²) in [5.74, 6) is 0.302. The molecule has 146 valence electrons. The topological polar surface area (TPSA) is 96.5 Å². The number of carbonyl (C=O) groups is 1. The van der Waals surface area contributed by atoms with Crippen molar-refractivity contribution >= 4 is 17.2 Å². The van der Waals surface area contributed by atoms with Crippen LogP contribution in [0.5, 0.6) is 0 Å². The quantitative estimate of drug-likeness (QED) is 0.601. The van der Waals surface area contributed by atoms with Gasteiger partial charge in [-0.2, -0.15) is 5.21 Å². The Hall–Kier alpha value is -3.87. The molecular weight excluding hydrogens is 364 g/mol. The Kier molecular flexibility index (Phi) is 6.42. The molecule has 0 bridgehead atoms. The molecule has 1 amide bonds. The molecule has 0 aliphatic carbocycles. The van der Waals surface area contributed by atoms with E-state index in [-0.39, 0.29) is 5.91 Å². The fourth-order valence-corrected chi connectivity index (χ4v) is 2.74. The van der Waals surface area contributed by atoms with Crippen LogP contribution in [0.1, 0.15) is 40.1 Å². The second-order valence-electron chi connectivity index (χ2n) is 6.43. The molecule has 2 aromatic heterocycles. The van der Waals surface area contributed by atoms with Gasteiger partial charge in [-0.25, -0.2) is 4.98 Å². The van der Waals surface area contributed by atoms with Crippen molar-refractivity contribution in [1.82, 2.24) is 25.6 Å². The third kappa shape index (κ3) is 5.32. The normalized spacial score (nSPS) is 11.2. The van der Waals surface area contributed by atoms with Crippen LogP contribution in [0.3, 0.4) is 0 Å². The highest BCUT2D eigenvalue weighted by Crippen LogP contribution is 2.18. The van der Waals surface area contributed by atoms with E-state index in [2.05, 4.69) is 37.5 Å². The van der Waals surface area contributed by atoms with Gasteiger partial charge in [-0.05, 0) is 48.7 Å². The maximum absolute atomic E-state index is 12.7. The van der Waals surface area contributed by atoms with E-state index in [0.717, 1.165) is 16.7 Å². The number of benzene rings is 1. The number of H-pyrrole nitrogens is 1. The zero-order chi connectivity index (χ0) is 20.6. The van der Waals surface area contributed by atoms with Crippen molar-refractivity contribution in [2.45, 2.75) is 20.3 Å². The second-order valence-corrected chi connectivity index (χ2v) is 6.43. The molecule has 7 nitrogen and oxygen atoms in total. The van der Waals surface area contributed by atoms with E-state index < -0.39 is 0 Å². The molecule has 3 aromatic rings. The molecule has 2 N–H and O–H groups in total. The van der Waals surface area contributed by atoms with Gasteiger partial charge in [0, 0.05) is 12.1 Å². The number of hydrogen-bond acceptors (Lipinski definition) is 5. The Morgan fingerprint density at radius 1 is 1.24 bits per heavy atom. The smallest absolute Gasteiger partial charge is 0.274 e. The lowest BCUT2D eigenvalue weighted by Crippen LogP contribution is -2.15. The van der Waals surface area contributed by atoms with Crippen LogP contribution < -0.4 is 5.32 Å². The lowest BCUT2D eigenvalue weighted by molar-refractivity contribution is 0.102. The first kappa shape index (κ1) is 19.9. The molecule has 0 aliphatic heterocycles. The van der Waals surface area contributed by atoms with Crippen molar-refractivity contribution in [3.63, 3.8) is 0 Å². The van der Waals surface area contributed by atoms with Crippen LogP contribution in [-0.2, 0) is 6.42 Å². The Bertz CT molecular complexity index is 1070. The maximum Gasteiger partial charge on any atom is 0.274 e. The third-order valence-corrected chi connectivity index (χ3v) is 4.17. The van der Waals surface area contributed by atoms with Gasteiger partial charge < -0.3 is 5.32 Å². The van der Waals surface area contributed by atoms with Crippen LogP contribution in [0, 0.1) is 6.92 Å². The summed E-state index contributed by atoms with van der Waals surface area (Å²) >= 11 is 0. The number of aromatic amines is 1. The first-order chi connectivity index (χ1) is 14.1. The first-order valence-electron chi connectivity index (χ1n) is 9.15. The summed E-state index contributed by atoms with van der Waals surface area (Å²) in [6, 6.07) is 11.1. The largest absolute Gasteiger partial charge is 0.321 e. The Labute approximate surface area is 169 Å². The number of hydrogen-bond donors (Lipinski definition) is 2. The van der Waals surface area contributed by atoms with Gasteiger partial charge in [-0.3, -0.25) is 4.79 Å². The number of rotatable bonds is 7. The van der Waals surface area contributed by atoms with Gasteiger partial charge >= 0.3 is 0 Å². The zero-order valence-corrected chi connectivity index (χ0v) is 16.4. The minimum absolute atomic E-state index is 0.284. The molecule has 0 unspecified atom stereocenters. The monoisotopic (exact) mass is 386 g/mol. The van der Waals surface area contributed by atoms with Crippen molar-refractivity contribution in [3.8, 4) is 0 Å². The number of pyridine rings is 1. The van der Waals surface area contributed by atoms with E-state index in [1.54, 1.807) is 6.07 Å². The van der Waals surface area contributed by atoms with E-state index in [9.17, 15) is 4.79 Å². The van der Waals surface area contributed by atoms with E-state index in [4.69, 9.17) is 0 Å². The summed E-state index contributed by atoms with van der Waals surface area (Å²) in [5.41, 5.74) is 4.37. The standard InChI is InChI=1S/C22H22N6O/c1-4-5-6-8-15(2)21-16(3)11-12-19(24-21)22(29)23-18-10-7-9-17(13-18)14-20-25-27-28-26-20/h4-13H,2,14H2,1,3H3,(H,23,29)(H,25,26,27,28)/b5-4-,8-6-. The molecular formula is C22H22N6O. The number of nitrogens with one attached hydrogen (secondary N) is 2. The summed E-state index contributed by atoms with van der Waals surface area (Å²) in [6.07, 6.45) is 8.13. The molecule has 0 saturated heterocycles. The number of nitrogens with zero attached hydrogens (tertiary/aromatic N) is 4. The number of aryl methyl sites for hydroxylation is 1. The third-order valence-electron chi connectivity index (χ3n) is 4.17. The highest BCUT2D eigenvalue weighted by Gasteiger charge is 2.12. The van der Waals surface area contributed by atoms with Crippen molar-refractivity contribution in [1.29, 1.82) is 0 Å². The molecule has 1 aromatic carbocycles. The van der Waals surface area contributed by atoms with Gasteiger partial charge in [0.1, 0.15) is 5.69 Å². The summed E-state index contributed by atoms with van der Waals surface area (Å²) in [5, 5.41) is 16.8. The minimum Gasteiger partial charge on any atom is -0.321 e. The average Bonchev–Trinajstić information content (AvgIpc) is 3.21. The predicted molar refractivity (Wildman–Crippen MR) is 113 cm³/mol. The molecule has 2 heterocycles. The van der Waals surface area contributed by atoms with E-state index >= 15 is 0 Å². The minimum atomic E-state index is -0.284. The maximum atomic E-state index is 12.7. The van der Waals surface area contributed by atoms with Crippen molar-refractivity contribution in [2.24, 2.45) is 0 Å². The number of tetrazole rings is 1. The van der Waals surface area contributed by atoms with Gasteiger partial charge in [0.15, 0.2) is 5.82 Å². The lowest BCUT2D eigenvalue weighted by Gasteiger charge is -2.10. The van der Waals surface area contributed by atoms with E-state index in [1.165, 1.54) is 0 Å².